The van der Waals surface area contributed by atoms with Gasteiger partial charge < -0.3 is 14.6 Å². The summed E-state index contributed by atoms with van der Waals surface area (Å²) in [5.41, 5.74) is 0. The van der Waals surface area contributed by atoms with Gasteiger partial charge in [-0.3, -0.25) is 9.59 Å². The summed E-state index contributed by atoms with van der Waals surface area (Å²) in [5, 5.41) is 9.51. The number of hydrogen-bond donors (Lipinski definition) is 1. The van der Waals surface area contributed by atoms with Crippen LogP contribution in [0.1, 0.15) is 174 Å². The van der Waals surface area contributed by atoms with E-state index >= 15 is 0 Å². The molecule has 1 N–H and O–H groups in total. The van der Waals surface area contributed by atoms with Crippen molar-refractivity contribution in [3.05, 3.63) is 36.5 Å². The van der Waals surface area contributed by atoms with Crippen LogP contribution in [0.5, 0.6) is 0 Å². The van der Waals surface area contributed by atoms with Gasteiger partial charge in [-0.1, -0.05) is 153 Å². The largest absolute Gasteiger partial charge is 0.462 e. The monoisotopic (exact) mass is 605 g/mol. The molecule has 0 heterocycles. The number of aliphatic hydroxyl groups is 1. The highest BCUT2D eigenvalue weighted by Gasteiger charge is 2.16. The summed E-state index contributed by atoms with van der Waals surface area (Å²) in [5.74, 6) is -0.651. The van der Waals surface area contributed by atoms with Gasteiger partial charge in [-0.2, -0.15) is 0 Å². The Kier molecular flexibility index (Phi) is 33.1. The standard InChI is InChI=1S/C38H68O5/c1-3-5-7-9-11-13-15-17-18-19-20-21-23-24-26-28-30-32-37(40)42-35-36(34-39)43-38(41)33-31-29-27-25-22-16-14-12-10-8-6-4-2/h17-18,20-21,24,26,36,39H,3-16,19,22-23,25,27-35H2,1-2H3/b18-17-,21-20-,26-24-/t36-/m0/s1. The maximum absolute atomic E-state index is 12.1. The lowest BCUT2D eigenvalue weighted by atomic mass is 10.0. The van der Waals surface area contributed by atoms with E-state index < -0.39 is 6.10 Å². The van der Waals surface area contributed by atoms with E-state index in [0.29, 0.717) is 19.3 Å². The van der Waals surface area contributed by atoms with Gasteiger partial charge in [0.2, 0.25) is 0 Å². The predicted octanol–water partition coefficient (Wildman–Crippen LogP) is 10.9. The molecule has 0 bridgehead atoms. The van der Waals surface area contributed by atoms with Gasteiger partial charge in [-0.05, 0) is 44.9 Å². The highest BCUT2D eigenvalue weighted by molar-refractivity contribution is 5.70. The van der Waals surface area contributed by atoms with Crippen LogP contribution in [0.15, 0.2) is 36.5 Å². The minimum atomic E-state index is -0.786. The molecular formula is C38H68O5. The van der Waals surface area contributed by atoms with Crippen LogP contribution in [0.2, 0.25) is 0 Å². The Morgan fingerprint density at radius 2 is 0.953 bits per heavy atom. The van der Waals surface area contributed by atoms with Crippen molar-refractivity contribution in [2.75, 3.05) is 13.2 Å². The Hall–Kier alpha value is -1.88. The zero-order valence-corrected chi connectivity index (χ0v) is 28.2. The van der Waals surface area contributed by atoms with E-state index in [4.69, 9.17) is 9.47 Å². The topological polar surface area (TPSA) is 72.8 Å². The third kappa shape index (κ3) is 32.9. The van der Waals surface area contributed by atoms with Gasteiger partial charge >= 0.3 is 11.9 Å². The first-order chi connectivity index (χ1) is 21.1. The maximum Gasteiger partial charge on any atom is 0.306 e. The molecule has 0 aromatic carbocycles. The molecule has 0 aromatic rings. The van der Waals surface area contributed by atoms with Crippen molar-refractivity contribution in [1.82, 2.24) is 0 Å². The fraction of sp³-hybridized carbons (Fsp3) is 0.789. The van der Waals surface area contributed by atoms with Crippen molar-refractivity contribution in [2.45, 2.75) is 180 Å². The van der Waals surface area contributed by atoms with Gasteiger partial charge in [-0.15, -0.1) is 0 Å². The molecule has 1 atom stereocenters. The van der Waals surface area contributed by atoms with Crippen LogP contribution in [0.25, 0.3) is 0 Å². The van der Waals surface area contributed by atoms with Crippen LogP contribution in [0.4, 0.5) is 0 Å². The van der Waals surface area contributed by atoms with Crippen LogP contribution in [-0.4, -0.2) is 36.4 Å². The van der Waals surface area contributed by atoms with Gasteiger partial charge in [0.05, 0.1) is 6.61 Å². The van der Waals surface area contributed by atoms with Crippen molar-refractivity contribution in [2.24, 2.45) is 0 Å². The highest BCUT2D eigenvalue weighted by Crippen LogP contribution is 2.13. The van der Waals surface area contributed by atoms with Crippen LogP contribution in [0, 0.1) is 0 Å². The fourth-order valence-corrected chi connectivity index (χ4v) is 4.92. The minimum absolute atomic E-state index is 0.0897. The second kappa shape index (κ2) is 34.6. The van der Waals surface area contributed by atoms with Crippen molar-refractivity contribution >= 4 is 11.9 Å². The SMILES string of the molecule is CCCCCCCC/C=C\C/C=C\C/C=C\CCCC(=O)OC[C@H](CO)OC(=O)CCCCCCCCCCCCCC. The number of hydrogen-bond acceptors (Lipinski definition) is 5. The molecule has 0 radical (unpaired) electrons. The molecule has 0 aromatic heterocycles. The van der Waals surface area contributed by atoms with Crippen LogP contribution in [0.3, 0.4) is 0 Å². The molecule has 0 rings (SSSR count). The lowest BCUT2D eigenvalue weighted by molar-refractivity contribution is -0.161. The van der Waals surface area contributed by atoms with Crippen molar-refractivity contribution < 1.29 is 24.2 Å². The number of rotatable bonds is 32. The predicted molar refractivity (Wildman–Crippen MR) is 182 cm³/mol. The van der Waals surface area contributed by atoms with E-state index in [-0.39, 0.29) is 25.2 Å². The van der Waals surface area contributed by atoms with Gasteiger partial charge in [-0.25, -0.2) is 0 Å². The van der Waals surface area contributed by atoms with E-state index in [0.717, 1.165) is 38.5 Å². The minimum Gasteiger partial charge on any atom is -0.462 e. The highest BCUT2D eigenvalue weighted by atomic mass is 16.6. The van der Waals surface area contributed by atoms with Crippen LogP contribution in [-0.2, 0) is 19.1 Å². The van der Waals surface area contributed by atoms with Gasteiger partial charge in [0.1, 0.15) is 6.61 Å². The second-order valence-corrected chi connectivity index (χ2v) is 12.0. The molecule has 250 valence electrons. The third-order valence-corrected chi connectivity index (χ3v) is 7.69. The molecule has 0 amide bonds. The van der Waals surface area contributed by atoms with Crippen molar-refractivity contribution in [1.29, 1.82) is 0 Å². The first-order valence-corrected chi connectivity index (χ1v) is 18.0. The average molecular weight is 605 g/mol. The quantitative estimate of drug-likeness (QED) is 0.0470. The summed E-state index contributed by atoms with van der Waals surface area (Å²) in [6, 6.07) is 0. The number of aliphatic hydroxyl groups excluding tert-OH is 1. The number of esters is 2. The Balaban J connectivity index is 3.66. The summed E-state index contributed by atoms with van der Waals surface area (Å²) in [6.07, 6.45) is 40.6. The number of ether oxygens (including phenoxy) is 2. The molecule has 0 unspecified atom stereocenters. The van der Waals surface area contributed by atoms with Crippen molar-refractivity contribution in [3.63, 3.8) is 0 Å². The molecule has 0 aliphatic carbocycles. The average Bonchev–Trinajstić information content (AvgIpc) is 3.01. The van der Waals surface area contributed by atoms with Gasteiger partial charge in [0.15, 0.2) is 6.10 Å². The summed E-state index contributed by atoms with van der Waals surface area (Å²) in [7, 11) is 0. The van der Waals surface area contributed by atoms with E-state index in [9.17, 15) is 14.7 Å². The Morgan fingerprint density at radius 1 is 0.535 bits per heavy atom. The van der Waals surface area contributed by atoms with E-state index in [2.05, 4.69) is 50.3 Å². The molecule has 5 nitrogen and oxygen atoms in total. The molecule has 0 fully saturated rings. The molecule has 0 aliphatic rings. The fourth-order valence-electron chi connectivity index (χ4n) is 4.92. The third-order valence-electron chi connectivity index (χ3n) is 7.69. The van der Waals surface area contributed by atoms with Crippen LogP contribution >= 0.6 is 0 Å². The van der Waals surface area contributed by atoms with E-state index in [1.807, 2.05) is 0 Å². The zero-order chi connectivity index (χ0) is 31.5. The molecule has 5 heteroatoms. The van der Waals surface area contributed by atoms with Gasteiger partial charge in [0, 0.05) is 12.8 Å². The summed E-state index contributed by atoms with van der Waals surface area (Å²) >= 11 is 0. The molecule has 0 saturated carbocycles. The first kappa shape index (κ1) is 41.1. The summed E-state index contributed by atoms with van der Waals surface area (Å²) in [6.45, 7) is 4.07. The smallest absolute Gasteiger partial charge is 0.306 e. The van der Waals surface area contributed by atoms with E-state index in [1.165, 1.54) is 103 Å². The molecular weight excluding hydrogens is 536 g/mol. The summed E-state index contributed by atoms with van der Waals surface area (Å²) < 4.78 is 10.5. The number of carbonyl (C=O) groups excluding carboxylic acids is 2. The Bertz CT molecular complexity index is 696. The first-order valence-electron chi connectivity index (χ1n) is 18.0. The Morgan fingerprint density at radius 3 is 1.47 bits per heavy atom. The van der Waals surface area contributed by atoms with Crippen molar-refractivity contribution in [3.8, 4) is 0 Å². The number of unbranched alkanes of at least 4 members (excludes halogenated alkanes) is 18. The molecule has 0 aliphatic heterocycles. The lowest BCUT2D eigenvalue weighted by Gasteiger charge is -2.15. The molecule has 0 saturated heterocycles. The van der Waals surface area contributed by atoms with E-state index in [1.54, 1.807) is 0 Å². The number of carbonyl (C=O) groups is 2. The normalized spacial score (nSPS) is 12.5. The zero-order valence-electron chi connectivity index (χ0n) is 28.2. The maximum atomic E-state index is 12.1. The van der Waals surface area contributed by atoms with Gasteiger partial charge in [0.25, 0.3) is 0 Å². The molecule has 0 spiro atoms. The second-order valence-electron chi connectivity index (χ2n) is 12.0. The lowest BCUT2D eigenvalue weighted by Crippen LogP contribution is -2.28. The Labute approximate surface area is 266 Å². The van der Waals surface area contributed by atoms with Crippen LogP contribution < -0.4 is 0 Å². The number of allylic oxidation sites excluding steroid dienone is 6. The summed E-state index contributed by atoms with van der Waals surface area (Å²) in [4.78, 5) is 24.1. The molecule has 43 heavy (non-hydrogen) atoms.